The summed E-state index contributed by atoms with van der Waals surface area (Å²) in [4.78, 5) is 0. The van der Waals surface area contributed by atoms with E-state index in [2.05, 4.69) is 41.2 Å². The van der Waals surface area contributed by atoms with E-state index in [1.54, 1.807) is 0 Å². The number of nitrogens with one attached hydrogen (secondary N) is 1. The number of hydrogen-bond donors (Lipinski definition) is 1. The summed E-state index contributed by atoms with van der Waals surface area (Å²) in [5.74, 6) is 0.975. The first kappa shape index (κ1) is 13.5. The minimum absolute atomic E-state index is 0.253. The van der Waals surface area contributed by atoms with E-state index in [0.29, 0.717) is 0 Å². The molecule has 0 heterocycles. The molecule has 0 aromatic heterocycles. The van der Waals surface area contributed by atoms with E-state index in [4.69, 9.17) is 4.74 Å². The van der Waals surface area contributed by atoms with Crippen LogP contribution < -0.4 is 10.1 Å². The number of benzene rings is 1. The summed E-state index contributed by atoms with van der Waals surface area (Å²) in [6, 6.07) is 6.14. The Kier molecular flexibility index (Phi) is 5.85. The number of aryl methyl sites for hydroxylation is 1. The number of halogens is 1. The summed E-state index contributed by atoms with van der Waals surface area (Å²) in [7, 11) is 1.96. The van der Waals surface area contributed by atoms with Crippen molar-refractivity contribution in [1.29, 1.82) is 0 Å². The second-order valence-corrected chi connectivity index (χ2v) is 4.91. The molecule has 0 bridgehead atoms. The molecule has 0 spiro atoms. The molecule has 1 atom stereocenters. The van der Waals surface area contributed by atoms with Crippen molar-refractivity contribution in [1.82, 2.24) is 5.32 Å². The Bertz CT molecular complexity index is 322. The maximum absolute atomic E-state index is 6.01. The Labute approximate surface area is 107 Å². The molecule has 1 aromatic rings. The van der Waals surface area contributed by atoms with Gasteiger partial charge in [-0.15, -0.1) is 0 Å². The van der Waals surface area contributed by atoms with Gasteiger partial charge in [-0.05, 0) is 38.1 Å². The average Bonchev–Trinajstić information content (AvgIpc) is 2.24. The van der Waals surface area contributed by atoms with Gasteiger partial charge in [0.2, 0.25) is 0 Å². The number of rotatable bonds is 6. The van der Waals surface area contributed by atoms with Gasteiger partial charge in [-0.2, -0.15) is 0 Å². The molecule has 16 heavy (non-hydrogen) atoms. The lowest BCUT2D eigenvalue weighted by Gasteiger charge is -2.19. The Balaban J connectivity index is 2.71. The second-order valence-electron chi connectivity index (χ2n) is 4.00. The minimum Gasteiger partial charge on any atom is -0.489 e. The van der Waals surface area contributed by atoms with Gasteiger partial charge in [0.25, 0.3) is 0 Å². The lowest BCUT2D eigenvalue weighted by molar-refractivity contribution is 0.188. The molecule has 0 amide bonds. The van der Waals surface area contributed by atoms with Gasteiger partial charge in [0.05, 0.1) is 0 Å². The van der Waals surface area contributed by atoms with Gasteiger partial charge in [-0.25, -0.2) is 0 Å². The van der Waals surface area contributed by atoms with Crippen LogP contribution in [0.25, 0.3) is 0 Å². The second kappa shape index (κ2) is 6.92. The molecule has 1 aromatic carbocycles. The van der Waals surface area contributed by atoms with E-state index in [0.717, 1.165) is 29.6 Å². The first-order chi connectivity index (χ1) is 7.67. The SMILES string of the molecule is CCCC(CNC)Oc1cc(Br)ccc1C. The van der Waals surface area contributed by atoms with Crippen molar-refractivity contribution in [3.63, 3.8) is 0 Å². The minimum atomic E-state index is 0.253. The molecule has 0 saturated heterocycles. The van der Waals surface area contributed by atoms with Crippen LogP contribution in [0.2, 0.25) is 0 Å². The van der Waals surface area contributed by atoms with Gasteiger partial charge in [0.1, 0.15) is 11.9 Å². The topological polar surface area (TPSA) is 21.3 Å². The molecule has 90 valence electrons. The van der Waals surface area contributed by atoms with Crippen LogP contribution in [0.3, 0.4) is 0 Å². The zero-order valence-electron chi connectivity index (χ0n) is 10.2. The highest BCUT2D eigenvalue weighted by molar-refractivity contribution is 9.10. The molecular weight excluding hydrogens is 266 g/mol. The molecule has 0 aliphatic heterocycles. The van der Waals surface area contributed by atoms with Gasteiger partial charge < -0.3 is 10.1 Å². The molecule has 0 radical (unpaired) electrons. The standard InChI is InChI=1S/C13H20BrNO/c1-4-5-12(9-15-3)16-13-8-11(14)7-6-10(13)2/h6-8,12,15H,4-5,9H2,1-3H3. The van der Waals surface area contributed by atoms with Crippen molar-refractivity contribution < 1.29 is 4.74 Å². The third-order valence-electron chi connectivity index (χ3n) is 2.49. The molecule has 1 unspecified atom stereocenters. The van der Waals surface area contributed by atoms with Gasteiger partial charge >= 0.3 is 0 Å². The largest absolute Gasteiger partial charge is 0.489 e. The van der Waals surface area contributed by atoms with Crippen molar-refractivity contribution in [3.05, 3.63) is 28.2 Å². The van der Waals surface area contributed by atoms with Crippen molar-refractivity contribution in [2.45, 2.75) is 32.8 Å². The Hall–Kier alpha value is -0.540. The van der Waals surface area contributed by atoms with Gasteiger partial charge in [-0.3, -0.25) is 0 Å². The smallest absolute Gasteiger partial charge is 0.123 e. The fourth-order valence-corrected chi connectivity index (χ4v) is 1.97. The van der Waals surface area contributed by atoms with Crippen molar-refractivity contribution in [2.24, 2.45) is 0 Å². The van der Waals surface area contributed by atoms with Gasteiger partial charge in [0, 0.05) is 11.0 Å². The highest BCUT2D eigenvalue weighted by Crippen LogP contribution is 2.24. The lowest BCUT2D eigenvalue weighted by Crippen LogP contribution is -2.29. The summed E-state index contributed by atoms with van der Waals surface area (Å²) in [6.07, 6.45) is 2.47. The number of likely N-dealkylation sites (N-methyl/N-ethyl adjacent to an activating group) is 1. The molecular formula is C13H20BrNO. The molecule has 0 aliphatic carbocycles. The van der Waals surface area contributed by atoms with E-state index in [9.17, 15) is 0 Å². The Morgan fingerprint density at radius 2 is 2.19 bits per heavy atom. The molecule has 0 aliphatic rings. The predicted molar refractivity (Wildman–Crippen MR) is 72.1 cm³/mol. The highest BCUT2D eigenvalue weighted by atomic mass is 79.9. The summed E-state index contributed by atoms with van der Waals surface area (Å²) < 4.78 is 7.08. The number of hydrogen-bond acceptors (Lipinski definition) is 2. The molecule has 0 fully saturated rings. The van der Waals surface area contributed by atoms with Gasteiger partial charge in [0.15, 0.2) is 0 Å². The number of ether oxygens (including phenoxy) is 1. The van der Waals surface area contributed by atoms with Crippen LogP contribution in [0.1, 0.15) is 25.3 Å². The van der Waals surface area contributed by atoms with Crippen LogP contribution in [0, 0.1) is 6.92 Å². The first-order valence-electron chi connectivity index (χ1n) is 5.74. The molecule has 2 nitrogen and oxygen atoms in total. The van der Waals surface area contributed by atoms with Crippen molar-refractivity contribution in [2.75, 3.05) is 13.6 Å². The third-order valence-corrected chi connectivity index (χ3v) is 2.98. The fraction of sp³-hybridized carbons (Fsp3) is 0.538. The Morgan fingerprint density at radius 3 is 2.81 bits per heavy atom. The van der Waals surface area contributed by atoms with Crippen molar-refractivity contribution in [3.8, 4) is 5.75 Å². The summed E-state index contributed by atoms with van der Waals surface area (Å²) in [5, 5.41) is 3.17. The van der Waals surface area contributed by atoms with Crippen LogP contribution in [-0.4, -0.2) is 19.7 Å². The molecule has 1 N–H and O–H groups in total. The molecule has 3 heteroatoms. The quantitative estimate of drug-likeness (QED) is 0.864. The van der Waals surface area contributed by atoms with E-state index < -0.39 is 0 Å². The monoisotopic (exact) mass is 285 g/mol. The molecule has 0 saturated carbocycles. The Morgan fingerprint density at radius 1 is 1.44 bits per heavy atom. The van der Waals surface area contributed by atoms with Crippen LogP contribution in [0.15, 0.2) is 22.7 Å². The highest BCUT2D eigenvalue weighted by Gasteiger charge is 2.10. The maximum Gasteiger partial charge on any atom is 0.123 e. The van der Waals surface area contributed by atoms with Crippen LogP contribution in [0.4, 0.5) is 0 Å². The zero-order valence-corrected chi connectivity index (χ0v) is 11.8. The van der Waals surface area contributed by atoms with E-state index in [1.165, 1.54) is 5.56 Å². The molecule has 1 rings (SSSR count). The van der Waals surface area contributed by atoms with Crippen LogP contribution >= 0.6 is 15.9 Å². The van der Waals surface area contributed by atoms with E-state index >= 15 is 0 Å². The average molecular weight is 286 g/mol. The zero-order chi connectivity index (χ0) is 12.0. The van der Waals surface area contributed by atoms with Crippen molar-refractivity contribution >= 4 is 15.9 Å². The predicted octanol–water partition coefficient (Wildman–Crippen LogP) is 3.52. The maximum atomic E-state index is 6.01. The lowest BCUT2D eigenvalue weighted by atomic mass is 10.2. The van der Waals surface area contributed by atoms with Crippen LogP contribution in [0.5, 0.6) is 5.75 Å². The fourth-order valence-electron chi connectivity index (χ4n) is 1.63. The van der Waals surface area contributed by atoms with E-state index in [1.807, 2.05) is 19.2 Å². The van der Waals surface area contributed by atoms with Gasteiger partial charge in [-0.1, -0.05) is 35.3 Å². The third kappa shape index (κ3) is 4.14. The van der Waals surface area contributed by atoms with E-state index in [-0.39, 0.29) is 6.10 Å². The summed E-state index contributed by atoms with van der Waals surface area (Å²) in [6.45, 7) is 5.14. The summed E-state index contributed by atoms with van der Waals surface area (Å²) >= 11 is 3.47. The summed E-state index contributed by atoms with van der Waals surface area (Å²) in [5.41, 5.74) is 1.18. The normalized spacial score (nSPS) is 12.5. The first-order valence-corrected chi connectivity index (χ1v) is 6.54. The van der Waals surface area contributed by atoms with Crippen LogP contribution in [-0.2, 0) is 0 Å².